The molecule has 1 aliphatic rings. The lowest BCUT2D eigenvalue weighted by Gasteiger charge is -2.29. The van der Waals surface area contributed by atoms with Gasteiger partial charge < -0.3 is 15.3 Å². The number of benzene rings is 1. The van der Waals surface area contributed by atoms with Crippen LogP contribution in [0.25, 0.3) is 0 Å². The first-order chi connectivity index (χ1) is 9.04. The number of likely N-dealkylation sites (N-methyl/N-ethyl adjacent to an activating group) is 1. The first-order valence-corrected chi connectivity index (χ1v) is 6.19. The molecule has 2 N–H and O–H groups in total. The molecule has 1 aliphatic heterocycles. The van der Waals surface area contributed by atoms with Crippen molar-refractivity contribution >= 4 is 6.09 Å². The zero-order valence-corrected chi connectivity index (χ0v) is 10.6. The number of carboxylic acid groups (broad SMARTS) is 1. The summed E-state index contributed by atoms with van der Waals surface area (Å²) in [4.78, 5) is 12.5. The number of hydrogen-bond donors (Lipinski definition) is 2. The molecule has 19 heavy (non-hydrogen) atoms. The lowest BCUT2D eigenvalue weighted by molar-refractivity contribution is 0.127. The molecule has 0 bridgehead atoms. The summed E-state index contributed by atoms with van der Waals surface area (Å²) in [6.45, 7) is 3.19. The van der Waals surface area contributed by atoms with Crippen LogP contribution >= 0.6 is 0 Å². The molecule has 4 nitrogen and oxygen atoms in total. The topological polar surface area (TPSA) is 52.6 Å². The predicted octanol–water partition coefficient (Wildman–Crippen LogP) is 2.02. The van der Waals surface area contributed by atoms with Crippen molar-refractivity contribution in [3.05, 3.63) is 35.4 Å². The maximum atomic E-state index is 13.3. The van der Waals surface area contributed by atoms with Crippen molar-refractivity contribution in [2.75, 3.05) is 19.6 Å². The zero-order chi connectivity index (χ0) is 14.0. The quantitative estimate of drug-likeness (QED) is 0.883. The van der Waals surface area contributed by atoms with Crippen molar-refractivity contribution < 1.29 is 18.7 Å². The van der Waals surface area contributed by atoms with Gasteiger partial charge in [0.15, 0.2) is 11.6 Å². The first kappa shape index (κ1) is 13.7. The number of halogens is 2. The van der Waals surface area contributed by atoms with Crippen LogP contribution in [0.15, 0.2) is 18.2 Å². The Hall–Kier alpha value is -1.69. The summed E-state index contributed by atoms with van der Waals surface area (Å²) in [6, 6.07) is 3.48. The van der Waals surface area contributed by atoms with E-state index in [-0.39, 0.29) is 12.0 Å². The van der Waals surface area contributed by atoms with Crippen molar-refractivity contribution in [1.82, 2.24) is 10.2 Å². The Balaban J connectivity index is 2.27. The lowest BCUT2D eigenvalue weighted by Crippen LogP contribution is -2.43. The van der Waals surface area contributed by atoms with E-state index in [0.29, 0.717) is 25.2 Å². The Kier molecular flexibility index (Phi) is 3.99. The normalized spacial score (nSPS) is 22.5. The van der Waals surface area contributed by atoms with E-state index in [0.717, 1.165) is 12.1 Å². The highest BCUT2D eigenvalue weighted by atomic mass is 19.2. The zero-order valence-electron chi connectivity index (χ0n) is 10.6. The van der Waals surface area contributed by atoms with Crippen LogP contribution in [0.1, 0.15) is 18.4 Å². The van der Waals surface area contributed by atoms with Crippen molar-refractivity contribution in [3.63, 3.8) is 0 Å². The number of nitrogens with one attached hydrogen (secondary N) is 1. The molecule has 1 aromatic carbocycles. The van der Waals surface area contributed by atoms with Crippen LogP contribution in [0, 0.1) is 11.6 Å². The van der Waals surface area contributed by atoms with Crippen LogP contribution in [0.5, 0.6) is 0 Å². The van der Waals surface area contributed by atoms with E-state index >= 15 is 0 Å². The largest absolute Gasteiger partial charge is 0.465 e. The minimum absolute atomic E-state index is 0.161. The SMILES string of the molecule is CCN(C(=O)O)[C@@H]1CNC[C@H]1c1ccc(F)c(F)c1. The van der Waals surface area contributed by atoms with Gasteiger partial charge in [0.25, 0.3) is 0 Å². The minimum Gasteiger partial charge on any atom is -0.465 e. The molecule has 1 aromatic rings. The van der Waals surface area contributed by atoms with E-state index in [1.165, 1.54) is 11.0 Å². The van der Waals surface area contributed by atoms with Crippen molar-refractivity contribution in [2.24, 2.45) is 0 Å². The maximum Gasteiger partial charge on any atom is 0.407 e. The van der Waals surface area contributed by atoms with Gasteiger partial charge in [0.1, 0.15) is 0 Å². The lowest BCUT2D eigenvalue weighted by atomic mass is 9.93. The average Bonchev–Trinajstić information content (AvgIpc) is 2.82. The molecular weight excluding hydrogens is 254 g/mol. The second kappa shape index (κ2) is 5.52. The molecule has 6 heteroatoms. The molecule has 0 aromatic heterocycles. The fourth-order valence-corrected chi connectivity index (χ4v) is 2.59. The Bertz CT molecular complexity index is 482. The number of nitrogens with zero attached hydrogens (tertiary/aromatic N) is 1. The third-order valence-corrected chi connectivity index (χ3v) is 3.54. The molecule has 104 valence electrons. The molecule has 0 spiro atoms. The Morgan fingerprint density at radius 3 is 2.74 bits per heavy atom. The van der Waals surface area contributed by atoms with Crippen LogP contribution in [-0.2, 0) is 0 Å². The summed E-state index contributed by atoms with van der Waals surface area (Å²) < 4.78 is 26.2. The minimum atomic E-state index is -0.996. The molecule has 1 heterocycles. The molecule has 0 saturated carbocycles. The van der Waals surface area contributed by atoms with E-state index in [4.69, 9.17) is 5.11 Å². The molecule has 2 rings (SSSR count). The summed E-state index contributed by atoms with van der Waals surface area (Å²) >= 11 is 0. The van der Waals surface area contributed by atoms with E-state index < -0.39 is 17.7 Å². The van der Waals surface area contributed by atoms with Gasteiger partial charge in [-0.15, -0.1) is 0 Å². The molecule has 0 unspecified atom stereocenters. The van der Waals surface area contributed by atoms with Gasteiger partial charge in [-0.3, -0.25) is 0 Å². The summed E-state index contributed by atoms with van der Waals surface area (Å²) in [5.74, 6) is -1.95. The summed E-state index contributed by atoms with van der Waals surface area (Å²) in [5.41, 5.74) is 0.619. The van der Waals surface area contributed by atoms with E-state index in [1.54, 1.807) is 6.92 Å². The predicted molar refractivity (Wildman–Crippen MR) is 66.2 cm³/mol. The molecule has 1 fully saturated rings. The Morgan fingerprint density at radius 2 is 2.16 bits per heavy atom. The third-order valence-electron chi connectivity index (χ3n) is 3.54. The van der Waals surface area contributed by atoms with Gasteiger partial charge in [-0.05, 0) is 24.6 Å². The van der Waals surface area contributed by atoms with E-state index in [9.17, 15) is 13.6 Å². The smallest absolute Gasteiger partial charge is 0.407 e. The van der Waals surface area contributed by atoms with Gasteiger partial charge in [0.2, 0.25) is 0 Å². The third kappa shape index (κ3) is 2.68. The fraction of sp³-hybridized carbons (Fsp3) is 0.462. The monoisotopic (exact) mass is 270 g/mol. The first-order valence-electron chi connectivity index (χ1n) is 6.19. The molecule has 2 atom stereocenters. The van der Waals surface area contributed by atoms with Crippen LogP contribution in [0.2, 0.25) is 0 Å². The standard InChI is InChI=1S/C13H16F2N2O2/c1-2-17(13(18)19)12-7-16-6-9(12)8-3-4-10(14)11(15)5-8/h3-5,9,12,16H,2,6-7H2,1H3,(H,18,19)/t9-,12+/m0/s1. The van der Waals surface area contributed by atoms with E-state index in [2.05, 4.69) is 5.32 Å². The molecule has 0 radical (unpaired) electrons. The van der Waals surface area contributed by atoms with Crippen LogP contribution < -0.4 is 5.32 Å². The van der Waals surface area contributed by atoms with Gasteiger partial charge >= 0.3 is 6.09 Å². The van der Waals surface area contributed by atoms with Crippen LogP contribution in [-0.4, -0.2) is 41.8 Å². The number of hydrogen-bond acceptors (Lipinski definition) is 2. The molecule has 1 amide bonds. The fourth-order valence-electron chi connectivity index (χ4n) is 2.59. The van der Waals surface area contributed by atoms with Crippen molar-refractivity contribution in [2.45, 2.75) is 18.9 Å². The van der Waals surface area contributed by atoms with Gasteiger partial charge in [0, 0.05) is 25.6 Å². The maximum absolute atomic E-state index is 13.3. The van der Waals surface area contributed by atoms with Gasteiger partial charge in [-0.2, -0.15) is 0 Å². The summed E-state index contributed by atoms with van der Waals surface area (Å²) in [5, 5.41) is 12.3. The second-order valence-electron chi connectivity index (χ2n) is 4.57. The Morgan fingerprint density at radius 1 is 1.42 bits per heavy atom. The van der Waals surface area contributed by atoms with Gasteiger partial charge in [-0.25, -0.2) is 13.6 Å². The molecular formula is C13H16F2N2O2. The molecule has 0 aliphatic carbocycles. The van der Waals surface area contributed by atoms with E-state index in [1.807, 2.05) is 0 Å². The van der Waals surface area contributed by atoms with Gasteiger partial charge in [-0.1, -0.05) is 6.07 Å². The Labute approximate surface area is 110 Å². The van der Waals surface area contributed by atoms with Crippen LogP contribution in [0.4, 0.5) is 13.6 Å². The highest BCUT2D eigenvalue weighted by Gasteiger charge is 2.35. The van der Waals surface area contributed by atoms with Crippen molar-refractivity contribution in [1.29, 1.82) is 0 Å². The number of amides is 1. The number of rotatable bonds is 3. The number of carbonyl (C=O) groups is 1. The second-order valence-corrected chi connectivity index (χ2v) is 4.57. The average molecular weight is 270 g/mol. The van der Waals surface area contributed by atoms with Crippen LogP contribution in [0.3, 0.4) is 0 Å². The summed E-state index contributed by atoms with van der Waals surface area (Å²) in [7, 11) is 0. The highest BCUT2D eigenvalue weighted by Crippen LogP contribution is 2.28. The summed E-state index contributed by atoms with van der Waals surface area (Å²) in [6.07, 6.45) is -0.996. The van der Waals surface area contributed by atoms with Crippen molar-refractivity contribution in [3.8, 4) is 0 Å². The molecule has 1 saturated heterocycles. The van der Waals surface area contributed by atoms with Gasteiger partial charge in [0.05, 0.1) is 6.04 Å². The highest BCUT2D eigenvalue weighted by molar-refractivity contribution is 5.65.